The highest BCUT2D eigenvalue weighted by Gasteiger charge is 2.27. The highest BCUT2D eigenvalue weighted by molar-refractivity contribution is 5.99. The second kappa shape index (κ2) is 8.32. The second-order valence-corrected chi connectivity index (χ2v) is 5.81. The number of hydrogen-bond acceptors (Lipinski definition) is 6. The Balaban J connectivity index is 2.15. The quantitative estimate of drug-likeness (QED) is 0.778. The molecule has 1 aromatic rings. The molecule has 0 unspecified atom stereocenters. The second-order valence-electron chi connectivity index (χ2n) is 5.81. The molecule has 0 aliphatic carbocycles. The van der Waals surface area contributed by atoms with Gasteiger partial charge in [-0.1, -0.05) is 0 Å². The number of aliphatic carboxylic acids is 1. The van der Waals surface area contributed by atoms with E-state index >= 15 is 0 Å². The van der Waals surface area contributed by atoms with Crippen molar-refractivity contribution in [3.8, 4) is 0 Å². The van der Waals surface area contributed by atoms with E-state index in [0.29, 0.717) is 25.9 Å². The molecule has 1 saturated heterocycles. The number of rotatable bonds is 4. The number of esters is 2. The van der Waals surface area contributed by atoms with Gasteiger partial charge in [0.05, 0.1) is 31.3 Å². The molecule has 1 heterocycles. The molecule has 1 aromatic carbocycles. The molecule has 2 amide bonds. The highest BCUT2D eigenvalue weighted by Crippen LogP contribution is 2.20. The van der Waals surface area contributed by atoms with Crippen LogP contribution in [0.4, 0.5) is 10.5 Å². The Morgan fingerprint density at radius 1 is 1.00 bits per heavy atom. The number of carboxylic acids is 1. The lowest BCUT2D eigenvalue weighted by molar-refractivity contribution is -0.143. The van der Waals surface area contributed by atoms with Gasteiger partial charge in [-0.3, -0.25) is 4.79 Å². The van der Waals surface area contributed by atoms with Crippen molar-refractivity contribution in [2.45, 2.75) is 12.8 Å². The largest absolute Gasteiger partial charge is 0.481 e. The molecule has 140 valence electrons. The molecule has 0 bridgehead atoms. The van der Waals surface area contributed by atoms with Crippen LogP contribution in [0.15, 0.2) is 18.2 Å². The van der Waals surface area contributed by atoms with E-state index in [0.717, 1.165) is 0 Å². The number of carboxylic acid groups (broad SMARTS) is 1. The summed E-state index contributed by atoms with van der Waals surface area (Å²) in [7, 11) is 2.41. The number of nitrogens with one attached hydrogen (secondary N) is 1. The number of methoxy groups -OCH3 is 2. The number of anilines is 1. The minimum atomic E-state index is -0.862. The molecule has 1 aliphatic heterocycles. The number of hydrogen-bond donors (Lipinski definition) is 2. The predicted octanol–water partition coefficient (Wildman–Crippen LogP) is 1.59. The number of carbonyl (C=O) groups is 4. The Labute approximate surface area is 149 Å². The summed E-state index contributed by atoms with van der Waals surface area (Å²) in [5, 5.41) is 11.6. The lowest BCUT2D eigenvalue weighted by atomic mass is 9.97. The fraction of sp³-hybridized carbons (Fsp3) is 0.412. The molecule has 0 radical (unpaired) electrons. The Hall–Kier alpha value is -3.10. The average molecular weight is 364 g/mol. The van der Waals surface area contributed by atoms with Crippen LogP contribution in [-0.2, 0) is 14.3 Å². The Bertz CT molecular complexity index is 690. The van der Waals surface area contributed by atoms with Gasteiger partial charge in [-0.2, -0.15) is 0 Å². The van der Waals surface area contributed by atoms with E-state index in [9.17, 15) is 19.2 Å². The number of likely N-dealkylation sites (tertiary alicyclic amines) is 1. The predicted molar refractivity (Wildman–Crippen MR) is 90.1 cm³/mol. The maximum atomic E-state index is 12.4. The van der Waals surface area contributed by atoms with Crippen LogP contribution in [-0.4, -0.2) is 61.3 Å². The van der Waals surface area contributed by atoms with Crippen molar-refractivity contribution < 1.29 is 33.8 Å². The van der Waals surface area contributed by atoms with Gasteiger partial charge in [-0.25, -0.2) is 14.4 Å². The molecule has 26 heavy (non-hydrogen) atoms. The van der Waals surface area contributed by atoms with Crippen molar-refractivity contribution in [1.29, 1.82) is 0 Å². The molecule has 0 saturated carbocycles. The van der Waals surface area contributed by atoms with Crippen molar-refractivity contribution in [2.24, 2.45) is 5.92 Å². The Morgan fingerprint density at radius 3 is 1.92 bits per heavy atom. The van der Waals surface area contributed by atoms with Gasteiger partial charge in [0.25, 0.3) is 0 Å². The SMILES string of the molecule is COC(=O)c1cc(NC(=O)N2CCC(C(=O)O)CC2)cc(C(=O)OC)c1. The molecule has 1 aliphatic rings. The molecular formula is C17H20N2O7. The molecule has 0 aromatic heterocycles. The summed E-state index contributed by atoms with van der Waals surface area (Å²) in [6.07, 6.45) is 0.747. The van der Waals surface area contributed by atoms with E-state index in [1.54, 1.807) is 0 Å². The Kier molecular flexibility index (Phi) is 6.16. The van der Waals surface area contributed by atoms with Crippen LogP contribution in [0.1, 0.15) is 33.6 Å². The lowest BCUT2D eigenvalue weighted by Gasteiger charge is -2.30. The number of urea groups is 1. The summed E-state index contributed by atoms with van der Waals surface area (Å²) >= 11 is 0. The molecule has 9 nitrogen and oxygen atoms in total. The first-order valence-electron chi connectivity index (χ1n) is 7.96. The minimum Gasteiger partial charge on any atom is -0.481 e. The molecule has 2 rings (SSSR count). The zero-order valence-electron chi connectivity index (χ0n) is 14.5. The number of carbonyl (C=O) groups excluding carboxylic acids is 3. The van der Waals surface area contributed by atoms with Crippen LogP contribution in [0.25, 0.3) is 0 Å². The first-order valence-corrected chi connectivity index (χ1v) is 7.96. The summed E-state index contributed by atoms with van der Waals surface area (Å²) in [5.41, 5.74) is 0.421. The summed E-state index contributed by atoms with van der Waals surface area (Å²) < 4.78 is 9.29. The number of amides is 2. The van der Waals surface area contributed by atoms with Crippen LogP contribution >= 0.6 is 0 Å². The summed E-state index contributed by atoms with van der Waals surface area (Å²) in [4.78, 5) is 48.4. The Morgan fingerprint density at radius 2 is 1.50 bits per heavy atom. The van der Waals surface area contributed by atoms with Gasteiger partial charge in [0.2, 0.25) is 0 Å². The maximum Gasteiger partial charge on any atom is 0.337 e. The van der Waals surface area contributed by atoms with Crippen molar-refractivity contribution in [2.75, 3.05) is 32.6 Å². The van der Waals surface area contributed by atoms with Gasteiger partial charge in [-0.05, 0) is 31.0 Å². The first kappa shape index (κ1) is 19.2. The molecular weight excluding hydrogens is 344 g/mol. The molecule has 1 fully saturated rings. The highest BCUT2D eigenvalue weighted by atomic mass is 16.5. The molecule has 2 N–H and O–H groups in total. The van der Waals surface area contributed by atoms with Gasteiger partial charge in [0.15, 0.2) is 0 Å². The topological polar surface area (TPSA) is 122 Å². The van der Waals surface area contributed by atoms with Gasteiger partial charge in [-0.15, -0.1) is 0 Å². The zero-order valence-corrected chi connectivity index (χ0v) is 14.5. The van der Waals surface area contributed by atoms with Gasteiger partial charge in [0.1, 0.15) is 0 Å². The van der Waals surface area contributed by atoms with E-state index in [1.165, 1.54) is 37.3 Å². The van der Waals surface area contributed by atoms with Gasteiger partial charge < -0.3 is 24.8 Å². The normalized spacial score (nSPS) is 14.5. The summed E-state index contributed by atoms with van der Waals surface area (Å²) in [6.45, 7) is 0.618. The van der Waals surface area contributed by atoms with Crippen molar-refractivity contribution in [3.63, 3.8) is 0 Å². The molecule has 0 spiro atoms. The number of nitrogens with zero attached hydrogens (tertiary/aromatic N) is 1. The van der Waals surface area contributed by atoms with Crippen molar-refractivity contribution in [3.05, 3.63) is 29.3 Å². The first-order chi connectivity index (χ1) is 12.3. The van der Waals surface area contributed by atoms with E-state index < -0.39 is 29.9 Å². The smallest absolute Gasteiger partial charge is 0.337 e. The van der Waals surface area contributed by atoms with Crippen LogP contribution < -0.4 is 5.32 Å². The number of ether oxygens (including phenoxy) is 2. The van der Waals surface area contributed by atoms with E-state index in [4.69, 9.17) is 5.11 Å². The standard InChI is InChI=1S/C17H20N2O7/c1-25-15(22)11-7-12(16(23)26-2)9-13(8-11)18-17(24)19-5-3-10(4-6-19)14(20)21/h7-10H,3-6H2,1-2H3,(H,18,24)(H,20,21). The fourth-order valence-electron chi connectivity index (χ4n) is 2.70. The van der Waals surface area contributed by atoms with Crippen LogP contribution in [0, 0.1) is 5.92 Å². The number of benzene rings is 1. The fourth-order valence-corrected chi connectivity index (χ4v) is 2.70. The van der Waals surface area contributed by atoms with Gasteiger partial charge >= 0.3 is 23.9 Å². The summed E-state index contributed by atoms with van der Waals surface area (Å²) in [6, 6.07) is 3.65. The van der Waals surface area contributed by atoms with E-state index in [-0.39, 0.29) is 16.8 Å². The third kappa shape index (κ3) is 4.50. The zero-order chi connectivity index (χ0) is 19.3. The number of piperidine rings is 1. The lowest BCUT2D eigenvalue weighted by Crippen LogP contribution is -2.42. The summed E-state index contributed by atoms with van der Waals surface area (Å²) in [5.74, 6) is -2.63. The van der Waals surface area contributed by atoms with Crippen molar-refractivity contribution >= 4 is 29.6 Å². The van der Waals surface area contributed by atoms with Crippen molar-refractivity contribution in [1.82, 2.24) is 4.90 Å². The monoisotopic (exact) mass is 364 g/mol. The third-order valence-corrected chi connectivity index (χ3v) is 4.16. The van der Waals surface area contributed by atoms with Crippen LogP contribution in [0.5, 0.6) is 0 Å². The van der Waals surface area contributed by atoms with E-state index in [2.05, 4.69) is 14.8 Å². The third-order valence-electron chi connectivity index (χ3n) is 4.16. The molecule has 9 heteroatoms. The van der Waals surface area contributed by atoms with Crippen LogP contribution in [0.3, 0.4) is 0 Å². The van der Waals surface area contributed by atoms with E-state index in [1.807, 2.05) is 0 Å². The van der Waals surface area contributed by atoms with Gasteiger partial charge in [0, 0.05) is 18.8 Å². The maximum absolute atomic E-state index is 12.4. The average Bonchev–Trinajstić information content (AvgIpc) is 2.66. The molecule has 0 atom stereocenters. The van der Waals surface area contributed by atoms with Crippen LogP contribution in [0.2, 0.25) is 0 Å². The minimum absolute atomic E-state index is 0.0929.